The second-order valence-electron chi connectivity index (χ2n) is 7.21. The molecular weight excluding hydrogens is 236 g/mol. The van der Waals surface area contributed by atoms with Crippen molar-refractivity contribution in [2.75, 3.05) is 5.32 Å². The minimum Gasteiger partial charge on any atom is -0.325 e. The Hall–Kier alpha value is -1.35. The molecule has 1 aromatic rings. The van der Waals surface area contributed by atoms with Crippen LogP contribution in [0.3, 0.4) is 0 Å². The molecule has 1 heterocycles. The lowest BCUT2D eigenvalue weighted by Gasteiger charge is -2.19. The number of anilines is 1. The highest BCUT2D eigenvalue weighted by atomic mass is 16.2. The van der Waals surface area contributed by atoms with Gasteiger partial charge in [0.15, 0.2) is 0 Å². The lowest BCUT2D eigenvalue weighted by atomic mass is 9.84. The van der Waals surface area contributed by atoms with Crippen LogP contribution in [0.4, 0.5) is 5.69 Å². The highest BCUT2D eigenvalue weighted by molar-refractivity contribution is 6.05. The number of carbonyl (C=O) groups excluding carboxylic acids is 1. The highest BCUT2D eigenvalue weighted by Crippen LogP contribution is 2.57. The molecule has 1 saturated carbocycles. The minimum atomic E-state index is -0.454. The van der Waals surface area contributed by atoms with Crippen molar-refractivity contribution >= 4 is 11.6 Å². The van der Waals surface area contributed by atoms with E-state index in [-0.39, 0.29) is 11.9 Å². The van der Waals surface area contributed by atoms with Gasteiger partial charge in [-0.05, 0) is 48.8 Å². The summed E-state index contributed by atoms with van der Waals surface area (Å²) in [6.07, 6.45) is 1.19. The van der Waals surface area contributed by atoms with Gasteiger partial charge in [-0.1, -0.05) is 26.0 Å². The van der Waals surface area contributed by atoms with Gasteiger partial charge in [0.2, 0.25) is 5.91 Å². The molecule has 0 radical (unpaired) electrons. The van der Waals surface area contributed by atoms with E-state index in [9.17, 15) is 4.79 Å². The first-order valence-corrected chi connectivity index (χ1v) is 6.95. The maximum atomic E-state index is 11.9. The zero-order chi connectivity index (χ0) is 14.0. The van der Waals surface area contributed by atoms with Gasteiger partial charge in [-0.15, -0.1) is 0 Å². The molecule has 0 saturated heterocycles. The summed E-state index contributed by atoms with van der Waals surface area (Å²) in [5.74, 6) is 0.624. The van der Waals surface area contributed by atoms with E-state index >= 15 is 0 Å². The van der Waals surface area contributed by atoms with E-state index in [0.29, 0.717) is 11.3 Å². The van der Waals surface area contributed by atoms with Crippen molar-refractivity contribution in [1.82, 2.24) is 0 Å². The first kappa shape index (κ1) is 12.7. The van der Waals surface area contributed by atoms with Gasteiger partial charge in [0, 0.05) is 11.7 Å². The highest BCUT2D eigenvalue weighted by Gasteiger charge is 2.49. The third-order valence-corrected chi connectivity index (χ3v) is 4.94. The largest absolute Gasteiger partial charge is 0.325 e. The van der Waals surface area contributed by atoms with Gasteiger partial charge in [0.1, 0.15) is 0 Å². The van der Waals surface area contributed by atoms with Crippen molar-refractivity contribution in [3.05, 3.63) is 29.3 Å². The predicted molar refractivity (Wildman–Crippen MR) is 76.9 cm³/mol. The Bertz CT molecular complexity index is 560. The summed E-state index contributed by atoms with van der Waals surface area (Å²) in [4.78, 5) is 11.9. The molecule has 2 unspecified atom stereocenters. The molecule has 1 aliphatic heterocycles. The van der Waals surface area contributed by atoms with Crippen LogP contribution in [0.15, 0.2) is 18.2 Å². The second-order valence-corrected chi connectivity index (χ2v) is 7.21. The number of carbonyl (C=O) groups is 1. The van der Waals surface area contributed by atoms with Gasteiger partial charge >= 0.3 is 0 Å². The van der Waals surface area contributed by atoms with Crippen LogP contribution in [0.2, 0.25) is 0 Å². The maximum absolute atomic E-state index is 11.9. The topological polar surface area (TPSA) is 55.1 Å². The number of rotatable bonds is 2. The number of amides is 1. The zero-order valence-corrected chi connectivity index (χ0v) is 12.1. The fourth-order valence-corrected chi connectivity index (χ4v) is 3.15. The van der Waals surface area contributed by atoms with Crippen molar-refractivity contribution in [3.63, 3.8) is 0 Å². The Kier molecular flexibility index (Phi) is 2.40. The molecular formula is C16H22N2O. The first-order valence-electron chi connectivity index (χ1n) is 6.95. The second kappa shape index (κ2) is 3.60. The molecule has 3 heteroatoms. The summed E-state index contributed by atoms with van der Waals surface area (Å²) >= 11 is 0. The van der Waals surface area contributed by atoms with Crippen molar-refractivity contribution in [3.8, 4) is 0 Å². The van der Waals surface area contributed by atoms with E-state index in [0.717, 1.165) is 16.8 Å². The van der Waals surface area contributed by atoms with Crippen LogP contribution >= 0.6 is 0 Å². The average Bonchev–Trinajstić information content (AvgIpc) is 2.90. The predicted octanol–water partition coefficient (Wildman–Crippen LogP) is 2.96. The van der Waals surface area contributed by atoms with Gasteiger partial charge in [-0.25, -0.2) is 0 Å². The van der Waals surface area contributed by atoms with Crippen molar-refractivity contribution in [2.24, 2.45) is 17.1 Å². The smallest absolute Gasteiger partial charge is 0.234 e. The summed E-state index contributed by atoms with van der Waals surface area (Å²) in [6, 6.07) is 6.24. The molecule has 0 spiro atoms. The molecule has 3 N–H and O–H groups in total. The van der Waals surface area contributed by atoms with Gasteiger partial charge in [0.05, 0.1) is 5.41 Å². The monoisotopic (exact) mass is 258 g/mol. The Morgan fingerprint density at radius 3 is 2.53 bits per heavy atom. The first-order chi connectivity index (χ1) is 8.73. The fraction of sp³-hybridized carbons (Fsp3) is 0.562. The van der Waals surface area contributed by atoms with Gasteiger partial charge in [-0.2, -0.15) is 0 Å². The third-order valence-electron chi connectivity index (χ3n) is 4.94. The number of hydrogen-bond donors (Lipinski definition) is 2. The van der Waals surface area contributed by atoms with Crippen LogP contribution in [-0.4, -0.2) is 5.91 Å². The Labute approximate surface area is 114 Å². The number of fused-ring (bicyclic) bond motifs is 1. The van der Waals surface area contributed by atoms with Crippen molar-refractivity contribution in [2.45, 2.75) is 45.6 Å². The van der Waals surface area contributed by atoms with Gasteiger partial charge in [-0.3, -0.25) is 4.79 Å². The lowest BCUT2D eigenvalue weighted by Crippen LogP contribution is -2.27. The quantitative estimate of drug-likeness (QED) is 0.857. The molecule has 1 aliphatic carbocycles. The molecule has 19 heavy (non-hydrogen) atoms. The molecule has 0 aromatic heterocycles. The van der Waals surface area contributed by atoms with Crippen LogP contribution < -0.4 is 11.1 Å². The van der Waals surface area contributed by atoms with Crippen molar-refractivity contribution in [1.29, 1.82) is 0 Å². The number of nitrogens with two attached hydrogens (primary N) is 1. The molecule has 1 amide bonds. The Morgan fingerprint density at radius 1 is 1.32 bits per heavy atom. The van der Waals surface area contributed by atoms with E-state index in [1.54, 1.807) is 0 Å². The normalized spacial score (nSPS) is 27.6. The van der Waals surface area contributed by atoms with E-state index < -0.39 is 5.41 Å². The third kappa shape index (κ3) is 1.79. The summed E-state index contributed by atoms with van der Waals surface area (Å²) < 4.78 is 0. The molecule has 3 nitrogen and oxygen atoms in total. The summed E-state index contributed by atoms with van der Waals surface area (Å²) in [5.41, 5.74) is 9.45. The van der Waals surface area contributed by atoms with Crippen LogP contribution in [0, 0.1) is 11.3 Å². The minimum absolute atomic E-state index is 0.0694. The standard InChI is InChI=1S/C16H22N2O/c1-15(2)8-11(15)13(17)9-5-6-12-10(7-9)16(3,4)14(19)18-12/h5-7,11,13H,8,17H2,1-4H3,(H,18,19). The number of nitrogens with one attached hydrogen (secondary N) is 1. The molecule has 2 atom stereocenters. The number of hydrogen-bond acceptors (Lipinski definition) is 2. The van der Waals surface area contributed by atoms with Crippen LogP contribution in [0.5, 0.6) is 0 Å². The Morgan fingerprint density at radius 2 is 1.95 bits per heavy atom. The van der Waals surface area contributed by atoms with Crippen LogP contribution in [-0.2, 0) is 10.2 Å². The van der Waals surface area contributed by atoms with E-state index in [2.05, 4.69) is 31.3 Å². The van der Waals surface area contributed by atoms with E-state index in [1.807, 2.05) is 19.9 Å². The van der Waals surface area contributed by atoms with E-state index in [1.165, 1.54) is 6.42 Å². The summed E-state index contributed by atoms with van der Waals surface area (Å²) in [6.45, 7) is 8.45. The van der Waals surface area contributed by atoms with E-state index in [4.69, 9.17) is 5.73 Å². The Balaban J connectivity index is 1.95. The average molecular weight is 258 g/mol. The molecule has 2 aliphatic rings. The SMILES string of the molecule is CC1(C)C(=O)Nc2ccc(C(N)C3CC3(C)C)cc21. The lowest BCUT2D eigenvalue weighted by molar-refractivity contribution is -0.119. The summed E-state index contributed by atoms with van der Waals surface area (Å²) in [7, 11) is 0. The van der Waals surface area contributed by atoms with Gasteiger partial charge < -0.3 is 11.1 Å². The van der Waals surface area contributed by atoms with Crippen LogP contribution in [0.25, 0.3) is 0 Å². The maximum Gasteiger partial charge on any atom is 0.234 e. The zero-order valence-electron chi connectivity index (χ0n) is 12.1. The molecule has 1 fully saturated rings. The summed E-state index contributed by atoms with van der Waals surface area (Å²) in [5, 5.41) is 2.94. The molecule has 3 rings (SSSR count). The molecule has 0 bridgehead atoms. The molecule has 102 valence electrons. The fourth-order valence-electron chi connectivity index (χ4n) is 3.15. The number of benzene rings is 1. The van der Waals surface area contributed by atoms with Crippen LogP contribution in [0.1, 0.15) is 51.3 Å². The van der Waals surface area contributed by atoms with Gasteiger partial charge in [0.25, 0.3) is 0 Å². The molecule has 1 aromatic carbocycles. The van der Waals surface area contributed by atoms with Crippen molar-refractivity contribution < 1.29 is 4.79 Å².